The number of aliphatic hydroxyl groups is 1. The molecule has 0 aliphatic carbocycles. The topological polar surface area (TPSA) is 150 Å². The third-order valence-electron chi connectivity index (χ3n) is 7.51. The number of halogens is 2. The summed E-state index contributed by atoms with van der Waals surface area (Å²) in [5.41, 5.74) is 16.5. The first-order valence-electron chi connectivity index (χ1n) is 14.7. The zero-order valence-electron chi connectivity index (χ0n) is 25.4. The van der Waals surface area contributed by atoms with E-state index in [1.165, 1.54) is 0 Å². The summed E-state index contributed by atoms with van der Waals surface area (Å²) in [5.74, 6) is 0.940. The van der Waals surface area contributed by atoms with Gasteiger partial charge in [-0.05, 0) is 70.8 Å². The molecule has 0 unspecified atom stereocenters. The minimum Gasteiger partial charge on any atom is -0.497 e. The Bertz CT molecular complexity index is 1800. The summed E-state index contributed by atoms with van der Waals surface area (Å²) >= 11 is 12.3. The minimum absolute atomic E-state index is 0.0240. The molecule has 3 N–H and O–H groups in total. The summed E-state index contributed by atoms with van der Waals surface area (Å²) in [6, 6.07) is 26.6. The number of hydrogen-bond acceptors (Lipinski definition) is 8. The first kappa shape index (κ1) is 33.6. The van der Waals surface area contributed by atoms with Crippen molar-refractivity contribution in [3.63, 3.8) is 0 Å². The van der Waals surface area contributed by atoms with Gasteiger partial charge in [0.15, 0.2) is 11.6 Å². The smallest absolute Gasteiger partial charge is 0.266 e. The molecule has 5 rings (SSSR count). The van der Waals surface area contributed by atoms with Crippen LogP contribution in [0, 0.1) is 0 Å². The van der Waals surface area contributed by atoms with E-state index in [0.717, 1.165) is 5.56 Å². The first-order chi connectivity index (χ1) is 22.9. The predicted octanol–water partition coefficient (Wildman–Crippen LogP) is 7.03. The van der Waals surface area contributed by atoms with Crippen LogP contribution in [0.1, 0.15) is 34.8 Å². The quantitative estimate of drug-likeness (QED) is 0.0430. The van der Waals surface area contributed by atoms with Crippen LogP contribution in [0.15, 0.2) is 101 Å². The van der Waals surface area contributed by atoms with E-state index >= 15 is 0 Å². The number of methoxy groups -OCH3 is 1. The van der Waals surface area contributed by atoms with Gasteiger partial charge in [0.25, 0.3) is 5.91 Å². The third-order valence-corrected chi connectivity index (χ3v) is 8.25. The normalized spacial score (nSPS) is 16.9. The van der Waals surface area contributed by atoms with Crippen molar-refractivity contribution in [2.75, 3.05) is 20.3 Å². The fourth-order valence-corrected chi connectivity index (χ4v) is 5.49. The minimum atomic E-state index is -1.58. The van der Waals surface area contributed by atoms with Gasteiger partial charge in [-0.15, -0.1) is 0 Å². The second kappa shape index (κ2) is 15.7. The molecule has 4 aromatic rings. The molecule has 1 aliphatic rings. The van der Waals surface area contributed by atoms with Crippen molar-refractivity contribution in [2.45, 2.75) is 31.0 Å². The lowest BCUT2D eigenvalue weighted by atomic mass is 9.81. The number of hydrazine groups is 1. The first-order valence-corrected chi connectivity index (χ1v) is 15.5. The van der Waals surface area contributed by atoms with Gasteiger partial charge in [-0.25, -0.2) is 10.4 Å². The number of nitrogens with zero attached hydrogens (tertiary/aromatic N) is 4. The molecule has 11 nitrogen and oxygen atoms in total. The zero-order valence-corrected chi connectivity index (χ0v) is 26.9. The van der Waals surface area contributed by atoms with Crippen molar-refractivity contribution in [3.8, 4) is 11.5 Å². The number of rotatable bonds is 14. The lowest BCUT2D eigenvalue weighted by Crippen LogP contribution is -2.53. The van der Waals surface area contributed by atoms with E-state index < -0.39 is 17.6 Å². The van der Waals surface area contributed by atoms with E-state index in [4.69, 9.17) is 47.5 Å². The lowest BCUT2D eigenvalue weighted by Gasteiger charge is -2.31. The van der Waals surface area contributed by atoms with Crippen molar-refractivity contribution >= 4 is 40.7 Å². The van der Waals surface area contributed by atoms with Gasteiger partial charge in [0.1, 0.15) is 11.5 Å². The molecule has 0 spiro atoms. The summed E-state index contributed by atoms with van der Waals surface area (Å²) in [5, 5.41) is 13.8. The maximum atomic E-state index is 14.5. The van der Waals surface area contributed by atoms with Gasteiger partial charge in [-0.3, -0.25) is 10.2 Å². The van der Waals surface area contributed by atoms with E-state index in [9.17, 15) is 10.3 Å². The van der Waals surface area contributed by atoms with Crippen LogP contribution in [0.4, 0.5) is 5.69 Å². The van der Waals surface area contributed by atoms with Crippen molar-refractivity contribution < 1.29 is 24.1 Å². The Morgan fingerprint density at radius 1 is 1.04 bits per heavy atom. The molecule has 0 bridgehead atoms. The largest absolute Gasteiger partial charge is 0.497 e. The predicted molar refractivity (Wildman–Crippen MR) is 180 cm³/mol. The molecule has 242 valence electrons. The summed E-state index contributed by atoms with van der Waals surface area (Å²) in [4.78, 5) is 22.5. The summed E-state index contributed by atoms with van der Waals surface area (Å²) in [6.07, 6.45) is -0.386. The molecule has 0 radical (unpaired) electrons. The highest BCUT2D eigenvalue weighted by Gasteiger charge is 2.53. The number of nitrogens with one attached hydrogen (secondary N) is 2. The number of aliphatic imine (C=N–C) groups is 1. The van der Waals surface area contributed by atoms with Gasteiger partial charge >= 0.3 is 0 Å². The number of amides is 1. The highest BCUT2D eigenvalue weighted by molar-refractivity contribution is 6.42. The standard InChI is InChI=1S/C34H32Cl2N6O5/c1-45-27-8-4-7-24(19-27)31-34(20-25-6-2-3-9-30(25)40-42-37,33(44)41-38-21-22-10-15-28(35)29(36)18-22)39-32(47-31)23-11-13-26(14-12-23)46-17-5-16-43/h2-4,6-15,18-19,31,38,43H,5,16-17,20-21H2,1H3,(H,41,44)/t31-,34-/m0/s1. The monoisotopic (exact) mass is 674 g/mol. The van der Waals surface area contributed by atoms with Gasteiger partial charge in [0.2, 0.25) is 5.90 Å². The molecule has 4 aromatic carbocycles. The van der Waals surface area contributed by atoms with Gasteiger partial charge in [0, 0.05) is 42.2 Å². The molecule has 13 heteroatoms. The SMILES string of the molecule is COc1cccc([C@@H]2OC(c3ccc(OCCCO)cc3)=N[C@]2(Cc2ccccc2N=[N+]=[N-])C(=O)NNCc2ccc(Cl)c(Cl)c2)c1. The number of ether oxygens (including phenoxy) is 3. The molecular formula is C34H32Cl2N6O5. The average Bonchev–Trinajstić information content (AvgIpc) is 3.48. The van der Waals surface area contributed by atoms with Gasteiger partial charge in [-0.2, -0.15) is 0 Å². The van der Waals surface area contributed by atoms with Crippen molar-refractivity contribution in [2.24, 2.45) is 10.1 Å². The second-order valence-corrected chi connectivity index (χ2v) is 11.4. The molecule has 1 aliphatic heterocycles. The van der Waals surface area contributed by atoms with Crippen LogP contribution in [0.5, 0.6) is 11.5 Å². The number of aliphatic hydroxyl groups excluding tert-OH is 1. The molecule has 0 saturated carbocycles. The Hall–Kier alpha value is -4.77. The Morgan fingerprint density at radius 2 is 1.85 bits per heavy atom. The second-order valence-electron chi connectivity index (χ2n) is 10.6. The fraction of sp³-hybridized carbons (Fsp3) is 0.235. The average molecular weight is 676 g/mol. The molecule has 47 heavy (non-hydrogen) atoms. The van der Waals surface area contributed by atoms with E-state index in [1.54, 1.807) is 86.0 Å². The van der Waals surface area contributed by atoms with Gasteiger partial charge in [0.05, 0.1) is 23.8 Å². The van der Waals surface area contributed by atoms with E-state index in [1.807, 2.05) is 12.1 Å². The summed E-state index contributed by atoms with van der Waals surface area (Å²) in [6.45, 7) is 0.644. The van der Waals surface area contributed by atoms with Crippen LogP contribution < -0.4 is 20.3 Å². The molecular weight excluding hydrogens is 643 g/mol. The van der Waals surface area contributed by atoms with Crippen molar-refractivity contribution in [1.82, 2.24) is 10.9 Å². The number of carbonyl (C=O) groups excluding carboxylic acids is 1. The van der Waals surface area contributed by atoms with E-state index in [0.29, 0.717) is 56.9 Å². The Balaban J connectivity index is 1.57. The fourth-order valence-electron chi connectivity index (χ4n) is 5.17. The molecule has 1 heterocycles. The molecule has 0 aromatic heterocycles. The number of carbonyl (C=O) groups is 1. The zero-order chi connectivity index (χ0) is 33.2. The van der Waals surface area contributed by atoms with Crippen molar-refractivity contribution in [1.29, 1.82) is 0 Å². The van der Waals surface area contributed by atoms with Gasteiger partial charge < -0.3 is 19.3 Å². The Morgan fingerprint density at radius 3 is 2.60 bits per heavy atom. The lowest BCUT2D eigenvalue weighted by molar-refractivity contribution is -0.130. The summed E-state index contributed by atoms with van der Waals surface area (Å²) < 4.78 is 17.8. The van der Waals surface area contributed by atoms with Crippen LogP contribution in [-0.4, -0.2) is 42.8 Å². The molecule has 0 saturated heterocycles. The highest BCUT2D eigenvalue weighted by atomic mass is 35.5. The molecule has 0 fully saturated rings. The maximum absolute atomic E-state index is 14.5. The Kier molecular flexibility index (Phi) is 11.2. The van der Waals surface area contributed by atoms with Crippen LogP contribution >= 0.6 is 23.2 Å². The van der Waals surface area contributed by atoms with Crippen LogP contribution in [0.3, 0.4) is 0 Å². The van der Waals surface area contributed by atoms with Crippen molar-refractivity contribution in [3.05, 3.63) is 134 Å². The number of hydrogen-bond donors (Lipinski definition) is 3. The van der Waals surface area contributed by atoms with Crippen LogP contribution in [0.25, 0.3) is 10.4 Å². The molecule has 2 atom stereocenters. The van der Waals surface area contributed by atoms with Crippen LogP contribution in [-0.2, 0) is 22.5 Å². The maximum Gasteiger partial charge on any atom is 0.266 e. The highest BCUT2D eigenvalue weighted by Crippen LogP contribution is 2.44. The van der Waals surface area contributed by atoms with E-state index in [-0.39, 0.29) is 25.5 Å². The Labute approximate surface area is 281 Å². The summed E-state index contributed by atoms with van der Waals surface area (Å²) in [7, 11) is 1.56. The number of azide groups is 1. The van der Waals surface area contributed by atoms with Crippen LogP contribution in [0.2, 0.25) is 10.0 Å². The number of benzene rings is 4. The van der Waals surface area contributed by atoms with Gasteiger partial charge in [-0.1, -0.05) is 70.8 Å². The van der Waals surface area contributed by atoms with E-state index in [2.05, 4.69) is 20.9 Å². The molecule has 1 amide bonds. The third kappa shape index (κ3) is 7.97.